The number of carbonyl (C=O) groups excluding carboxylic acids is 2. The highest BCUT2D eigenvalue weighted by atomic mass is 19.1. The lowest BCUT2D eigenvalue weighted by molar-refractivity contribution is -0.120. The fourth-order valence-electron chi connectivity index (χ4n) is 3.16. The van der Waals surface area contributed by atoms with Gasteiger partial charge in [-0.15, -0.1) is 0 Å². The van der Waals surface area contributed by atoms with Gasteiger partial charge < -0.3 is 16.0 Å². The predicted molar refractivity (Wildman–Crippen MR) is 96.9 cm³/mol. The number of hydrogen-bond acceptors (Lipinski definition) is 2. The maximum atomic E-state index is 12.8. The monoisotopic (exact) mass is 355 g/mol. The maximum absolute atomic E-state index is 12.8. The van der Waals surface area contributed by atoms with E-state index >= 15 is 0 Å². The van der Waals surface area contributed by atoms with Gasteiger partial charge >= 0.3 is 6.03 Å². The van der Waals surface area contributed by atoms with Crippen LogP contribution in [0.15, 0.2) is 48.5 Å². The van der Waals surface area contributed by atoms with Gasteiger partial charge in [0.25, 0.3) is 0 Å². The minimum atomic E-state index is -0.437. The summed E-state index contributed by atoms with van der Waals surface area (Å²) in [6.07, 6.45) is 2.97. The molecule has 2 aromatic rings. The molecule has 1 atom stereocenters. The van der Waals surface area contributed by atoms with Gasteiger partial charge in [-0.25, -0.2) is 9.18 Å². The number of halogens is 1. The molecule has 5 nitrogen and oxygen atoms in total. The van der Waals surface area contributed by atoms with Gasteiger partial charge in [0.2, 0.25) is 5.91 Å². The Bertz CT molecular complexity index is 777. The molecule has 0 aliphatic heterocycles. The first-order valence-corrected chi connectivity index (χ1v) is 8.75. The van der Waals surface area contributed by atoms with Crippen LogP contribution >= 0.6 is 0 Å². The van der Waals surface area contributed by atoms with Crippen LogP contribution in [0.2, 0.25) is 0 Å². The highest BCUT2D eigenvalue weighted by Gasteiger charge is 2.21. The van der Waals surface area contributed by atoms with Crippen LogP contribution in [0.3, 0.4) is 0 Å². The molecule has 0 saturated carbocycles. The Morgan fingerprint density at radius 3 is 2.62 bits per heavy atom. The molecule has 0 radical (unpaired) electrons. The van der Waals surface area contributed by atoms with Crippen LogP contribution in [-0.2, 0) is 17.8 Å². The van der Waals surface area contributed by atoms with Crippen molar-refractivity contribution in [1.82, 2.24) is 16.0 Å². The number of carbonyl (C=O) groups is 2. The van der Waals surface area contributed by atoms with E-state index in [2.05, 4.69) is 22.0 Å². The van der Waals surface area contributed by atoms with Gasteiger partial charge in [0.1, 0.15) is 5.82 Å². The number of hydrogen-bond donors (Lipinski definition) is 3. The van der Waals surface area contributed by atoms with Gasteiger partial charge in [0.15, 0.2) is 0 Å². The molecule has 1 aliphatic rings. The van der Waals surface area contributed by atoms with Crippen LogP contribution in [0.4, 0.5) is 9.18 Å². The summed E-state index contributed by atoms with van der Waals surface area (Å²) >= 11 is 0. The molecule has 1 unspecified atom stereocenters. The molecule has 6 heteroatoms. The molecule has 136 valence electrons. The van der Waals surface area contributed by atoms with Gasteiger partial charge in [-0.05, 0) is 48.1 Å². The quantitative estimate of drug-likeness (QED) is 0.772. The van der Waals surface area contributed by atoms with E-state index < -0.39 is 6.03 Å². The highest BCUT2D eigenvalue weighted by Crippen LogP contribution is 2.29. The van der Waals surface area contributed by atoms with Crippen molar-refractivity contribution in [2.45, 2.75) is 31.8 Å². The highest BCUT2D eigenvalue weighted by molar-refractivity contribution is 5.84. The van der Waals surface area contributed by atoms with E-state index in [1.165, 1.54) is 17.7 Å². The third-order valence-corrected chi connectivity index (χ3v) is 4.48. The van der Waals surface area contributed by atoms with E-state index in [9.17, 15) is 14.0 Å². The van der Waals surface area contributed by atoms with Crippen molar-refractivity contribution >= 4 is 11.9 Å². The number of urea groups is 1. The van der Waals surface area contributed by atoms with Gasteiger partial charge in [-0.1, -0.05) is 36.4 Å². The Morgan fingerprint density at radius 2 is 1.81 bits per heavy atom. The second kappa shape index (κ2) is 8.47. The first-order valence-electron chi connectivity index (χ1n) is 8.75. The van der Waals surface area contributed by atoms with Crippen molar-refractivity contribution in [1.29, 1.82) is 0 Å². The summed E-state index contributed by atoms with van der Waals surface area (Å²) in [5.74, 6) is -0.539. The van der Waals surface area contributed by atoms with Crippen molar-refractivity contribution < 1.29 is 14.0 Å². The Balaban J connectivity index is 1.43. The van der Waals surface area contributed by atoms with Crippen molar-refractivity contribution in [3.63, 3.8) is 0 Å². The largest absolute Gasteiger partial charge is 0.348 e. The third kappa shape index (κ3) is 4.81. The van der Waals surface area contributed by atoms with Crippen LogP contribution in [0.1, 0.15) is 35.6 Å². The molecular weight excluding hydrogens is 333 g/mol. The second-order valence-corrected chi connectivity index (χ2v) is 6.37. The van der Waals surface area contributed by atoms with Crippen LogP contribution in [0.25, 0.3) is 0 Å². The van der Waals surface area contributed by atoms with Gasteiger partial charge in [-0.3, -0.25) is 4.79 Å². The Kier molecular flexibility index (Phi) is 5.84. The fourth-order valence-corrected chi connectivity index (χ4v) is 3.16. The van der Waals surface area contributed by atoms with Gasteiger partial charge in [-0.2, -0.15) is 0 Å². The number of fused-ring (bicyclic) bond motifs is 1. The van der Waals surface area contributed by atoms with Gasteiger partial charge in [0.05, 0.1) is 12.6 Å². The molecular formula is C20H22FN3O2. The summed E-state index contributed by atoms with van der Waals surface area (Å²) < 4.78 is 12.8. The van der Waals surface area contributed by atoms with Crippen molar-refractivity contribution in [2.24, 2.45) is 0 Å². The minimum Gasteiger partial charge on any atom is -0.348 e. The second-order valence-electron chi connectivity index (χ2n) is 6.37. The molecule has 0 aromatic heterocycles. The molecule has 3 N–H and O–H groups in total. The predicted octanol–water partition coefficient (Wildman–Crippen LogP) is 2.82. The standard InChI is InChI=1S/C20H22FN3O2/c21-16-10-8-14(9-11-16)12-22-20(26)23-13-19(25)24-18-7-3-5-15-4-1-2-6-17(15)18/h1-2,4,6,8-11,18H,3,5,7,12-13H2,(H,24,25)(H2,22,23,26). The van der Waals surface area contributed by atoms with E-state index in [-0.39, 0.29) is 30.9 Å². The van der Waals surface area contributed by atoms with Gasteiger partial charge in [0, 0.05) is 6.54 Å². The summed E-state index contributed by atoms with van der Waals surface area (Å²) in [6.45, 7) is 0.178. The lowest BCUT2D eigenvalue weighted by Gasteiger charge is -2.26. The molecule has 3 rings (SSSR count). The zero-order chi connectivity index (χ0) is 18.4. The average Bonchev–Trinajstić information content (AvgIpc) is 2.66. The van der Waals surface area contributed by atoms with Crippen molar-refractivity contribution in [3.8, 4) is 0 Å². The summed E-state index contributed by atoms with van der Waals surface area (Å²) in [5.41, 5.74) is 3.21. The maximum Gasteiger partial charge on any atom is 0.315 e. The van der Waals surface area contributed by atoms with E-state index in [1.54, 1.807) is 12.1 Å². The Labute approximate surface area is 152 Å². The van der Waals surface area contributed by atoms with Crippen LogP contribution < -0.4 is 16.0 Å². The molecule has 0 bridgehead atoms. The van der Waals surface area contributed by atoms with Crippen LogP contribution in [0, 0.1) is 5.82 Å². The zero-order valence-corrected chi connectivity index (χ0v) is 14.4. The van der Waals surface area contributed by atoms with Crippen molar-refractivity contribution in [3.05, 3.63) is 71.0 Å². The number of aryl methyl sites for hydroxylation is 1. The van der Waals surface area contributed by atoms with E-state index in [0.717, 1.165) is 30.4 Å². The molecule has 0 saturated heterocycles. The number of rotatable bonds is 5. The third-order valence-electron chi connectivity index (χ3n) is 4.48. The van der Waals surface area contributed by atoms with E-state index in [1.807, 2.05) is 18.2 Å². The van der Waals surface area contributed by atoms with E-state index in [4.69, 9.17) is 0 Å². The van der Waals surface area contributed by atoms with Crippen LogP contribution in [-0.4, -0.2) is 18.5 Å². The first-order chi connectivity index (χ1) is 12.6. The number of nitrogens with one attached hydrogen (secondary N) is 3. The average molecular weight is 355 g/mol. The Morgan fingerprint density at radius 1 is 1.04 bits per heavy atom. The molecule has 0 heterocycles. The summed E-state index contributed by atoms with van der Waals surface area (Å²) in [6, 6.07) is 13.6. The number of amides is 3. The number of benzene rings is 2. The molecule has 2 aromatic carbocycles. The first kappa shape index (κ1) is 17.9. The molecule has 0 fully saturated rings. The summed E-state index contributed by atoms with van der Waals surface area (Å²) in [4.78, 5) is 23.9. The lowest BCUT2D eigenvalue weighted by Crippen LogP contribution is -2.43. The van der Waals surface area contributed by atoms with Crippen molar-refractivity contribution in [2.75, 3.05) is 6.54 Å². The molecule has 1 aliphatic carbocycles. The summed E-state index contributed by atoms with van der Waals surface area (Å²) in [5, 5.41) is 8.17. The molecule has 3 amide bonds. The smallest absolute Gasteiger partial charge is 0.315 e. The molecule has 26 heavy (non-hydrogen) atoms. The lowest BCUT2D eigenvalue weighted by atomic mass is 9.88. The molecule has 0 spiro atoms. The summed E-state index contributed by atoms with van der Waals surface area (Å²) in [7, 11) is 0. The minimum absolute atomic E-state index is 0.00322. The normalized spacial score (nSPS) is 15.7. The van der Waals surface area contributed by atoms with Crippen LogP contribution in [0.5, 0.6) is 0 Å². The fraction of sp³-hybridized carbons (Fsp3) is 0.300. The Hall–Kier alpha value is -2.89. The SMILES string of the molecule is O=C(CNC(=O)NCc1ccc(F)cc1)NC1CCCc2ccccc21. The topological polar surface area (TPSA) is 70.2 Å². The zero-order valence-electron chi connectivity index (χ0n) is 14.4. The van der Waals surface area contributed by atoms with E-state index in [0.29, 0.717) is 0 Å².